The van der Waals surface area contributed by atoms with Crippen molar-refractivity contribution in [1.29, 1.82) is 0 Å². The molecule has 2 aromatic rings. The van der Waals surface area contributed by atoms with Crippen molar-refractivity contribution in [2.75, 3.05) is 5.32 Å². The topological polar surface area (TPSA) is 12.0 Å². The van der Waals surface area contributed by atoms with Crippen LogP contribution in [0, 0.1) is 10.5 Å². The van der Waals surface area contributed by atoms with Gasteiger partial charge in [0.25, 0.3) is 0 Å². The molecule has 0 bridgehead atoms. The Labute approximate surface area is 137 Å². The zero-order valence-corrected chi connectivity index (χ0v) is 14.3. The lowest BCUT2D eigenvalue weighted by Gasteiger charge is -2.18. The predicted octanol–water partition coefficient (Wildman–Crippen LogP) is 6.08. The van der Waals surface area contributed by atoms with Gasteiger partial charge in [-0.2, -0.15) is 0 Å². The summed E-state index contributed by atoms with van der Waals surface area (Å²) in [7, 11) is 0. The molecule has 0 saturated heterocycles. The molecule has 0 heterocycles. The molecule has 2 aromatic carbocycles. The number of hydrogen-bond donors (Lipinski definition) is 1. The molecule has 0 aliphatic rings. The zero-order valence-electron chi connectivity index (χ0n) is 10.7. The molecule has 0 fully saturated rings. The highest BCUT2D eigenvalue weighted by molar-refractivity contribution is 14.1. The maximum absolute atomic E-state index is 6.05. The van der Waals surface area contributed by atoms with Crippen molar-refractivity contribution in [2.24, 2.45) is 0 Å². The van der Waals surface area contributed by atoms with Crippen molar-refractivity contribution in [1.82, 2.24) is 0 Å². The quantitative estimate of drug-likeness (QED) is 0.610. The highest BCUT2D eigenvalue weighted by Gasteiger charge is 2.09. The van der Waals surface area contributed by atoms with Crippen molar-refractivity contribution in [3.8, 4) is 0 Å². The lowest BCUT2D eigenvalue weighted by molar-refractivity contribution is 0.882. The van der Waals surface area contributed by atoms with Crippen LogP contribution in [0.1, 0.15) is 24.1 Å². The fourth-order valence-corrected chi connectivity index (χ4v) is 2.84. The van der Waals surface area contributed by atoms with E-state index in [1.807, 2.05) is 18.2 Å². The molecule has 0 aliphatic carbocycles. The van der Waals surface area contributed by atoms with Gasteiger partial charge in [0.1, 0.15) is 0 Å². The first-order valence-electron chi connectivity index (χ1n) is 5.95. The van der Waals surface area contributed by atoms with Gasteiger partial charge in [0.2, 0.25) is 0 Å². The van der Waals surface area contributed by atoms with E-state index in [2.05, 4.69) is 60.0 Å². The summed E-state index contributed by atoms with van der Waals surface area (Å²) in [6, 6.07) is 12.3. The third-order valence-electron chi connectivity index (χ3n) is 3.00. The SMILES string of the molecule is Cc1cc(I)ccc1NC(C)c1ccc(Cl)c(Cl)c1. The molecule has 2 rings (SSSR count). The smallest absolute Gasteiger partial charge is 0.0595 e. The lowest BCUT2D eigenvalue weighted by atomic mass is 10.1. The van der Waals surface area contributed by atoms with Gasteiger partial charge < -0.3 is 5.32 Å². The molecular formula is C15H14Cl2IN. The lowest BCUT2D eigenvalue weighted by Crippen LogP contribution is -2.07. The van der Waals surface area contributed by atoms with Gasteiger partial charge >= 0.3 is 0 Å². The molecule has 0 aromatic heterocycles. The van der Waals surface area contributed by atoms with Crippen LogP contribution in [0.2, 0.25) is 10.0 Å². The second-order valence-corrected chi connectivity index (χ2v) is 6.56. The van der Waals surface area contributed by atoms with Crippen LogP contribution in [-0.2, 0) is 0 Å². The Balaban J connectivity index is 2.20. The monoisotopic (exact) mass is 405 g/mol. The van der Waals surface area contributed by atoms with E-state index in [0.717, 1.165) is 11.3 Å². The van der Waals surface area contributed by atoms with Crippen molar-refractivity contribution < 1.29 is 0 Å². The summed E-state index contributed by atoms with van der Waals surface area (Å²) in [6.07, 6.45) is 0. The first kappa shape index (κ1) is 14.9. The second-order valence-electron chi connectivity index (χ2n) is 4.50. The molecule has 1 unspecified atom stereocenters. The van der Waals surface area contributed by atoms with Gasteiger partial charge in [-0.25, -0.2) is 0 Å². The fraction of sp³-hybridized carbons (Fsp3) is 0.200. The van der Waals surface area contributed by atoms with Crippen LogP contribution in [0.4, 0.5) is 5.69 Å². The minimum Gasteiger partial charge on any atom is -0.378 e. The van der Waals surface area contributed by atoms with E-state index in [9.17, 15) is 0 Å². The average molecular weight is 406 g/mol. The van der Waals surface area contributed by atoms with E-state index in [-0.39, 0.29) is 6.04 Å². The van der Waals surface area contributed by atoms with E-state index in [1.165, 1.54) is 9.13 Å². The fourth-order valence-electron chi connectivity index (χ4n) is 1.89. The minimum absolute atomic E-state index is 0.175. The maximum atomic E-state index is 6.05. The van der Waals surface area contributed by atoms with Crippen LogP contribution in [-0.4, -0.2) is 0 Å². The third kappa shape index (κ3) is 3.77. The van der Waals surface area contributed by atoms with E-state index in [4.69, 9.17) is 23.2 Å². The summed E-state index contributed by atoms with van der Waals surface area (Å²) in [4.78, 5) is 0. The van der Waals surface area contributed by atoms with Gasteiger partial charge in [0.05, 0.1) is 10.0 Å². The summed E-state index contributed by atoms with van der Waals surface area (Å²) in [5, 5.41) is 4.67. The molecule has 1 N–H and O–H groups in total. The van der Waals surface area contributed by atoms with Gasteiger partial charge in [-0.1, -0.05) is 29.3 Å². The zero-order chi connectivity index (χ0) is 14.0. The van der Waals surface area contributed by atoms with Crippen molar-refractivity contribution in [3.63, 3.8) is 0 Å². The van der Waals surface area contributed by atoms with E-state index < -0.39 is 0 Å². The Bertz CT molecular complexity index is 599. The first-order valence-corrected chi connectivity index (χ1v) is 7.78. The molecule has 0 spiro atoms. The van der Waals surface area contributed by atoms with Crippen molar-refractivity contribution in [2.45, 2.75) is 19.9 Å². The Morgan fingerprint density at radius 1 is 1.05 bits per heavy atom. The normalized spacial score (nSPS) is 12.3. The van der Waals surface area contributed by atoms with Crippen molar-refractivity contribution in [3.05, 3.63) is 61.1 Å². The van der Waals surface area contributed by atoms with Crippen LogP contribution >= 0.6 is 45.8 Å². The third-order valence-corrected chi connectivity index (χ3v) is 4.41. The summed E-state index contributed by atoms with van der Waals surface area (Å²) in [6.45, 7) is 4.21. The number of halogens is 3. The molecule has 4 heteroatoms. The second kappa shape index (κ2) is 6.33. The number of aryl methyl sites for hydroxylation is 1. The number of nitrogens with one attached hydrogen (secondary N) is 1. The van der Waals surface area contributed by atoms with Crippen LogP contribution < -0.4 is 5.32 Å². The Hall–Kier alpha value is -0.450. The van der Waals surface area contributed by atoms with E-state index in [0.29, 0.717) is 10.0 Å². The summed E-state index contributed by atoms with van der Waals surface area (Å²) < 4.78 is 1.24. The molecular weight excluding hydrogens is 392 g/mol. The van der Waals surface area contributed by atoms with Crippen LogP contribution in [0.3, 0.4) is 0 Å². The van der Waals surface area contributed by atoms with Gasteiger partial charge in [-0.15, -0.1) is 0 Å². The molecule has 19 heavy (non-hydrogen) atoms. The minimum atomic E-state index is 0.175. The van der Waals surface area contributed by atoms with Crippen LogP contribution in [0.15, 0.2) is 36.4 Å². The predicted molar refractivity (Wildman–Crippen MR) is 92.4 cm³/mol. The number of benzene rings is 2. The molecule has 0 saturated carbocycles. The molecule has 0 aliphatic heterocycles. The first-order chi connectivity index (χ1) is 8.97. The molecule has 0 amide bonds. The van der Waals surface area contributed by atoms with Crippen LogP contribution in [0.25, 0.3) is 0 Å². The van der Waals surface area contributed by atoms with Gasteiger partial charge in [-0.3, -0.25) is 0 Å². The van der Waals surface area contributed by atoms with Gasteiger partial charge in [0, 0.05) is 15.3 Å². The summed E-state index contributed by atoms with van der Waals surface area (Å²) >= 11 is 14.3. The maximum Gasteiger partial charge on any atom is 0.0595 e. The number of anilines is 1. The standard InChI is InChI=1S/C15H14Cl2IN/c1-9-7-12(18)4-6-15(9)19-10(2)11-3-5-13(16)14(17)8-11/h3-8,10,19H,1-2H3. The highest BCUT2D eigenvalue weighted by Crippen LogP contribution is 2.28. The van der Waals surface area contributed by atoms with Crippen molar-refractivity contribution >= 4 is 51.5 Å². The molecule has 1 nitrogen and oxygen atoms in total. The van der Waals surface area contributed by atoms with Crippen LogP contribution in [0.5, 0.6) is 0 Å². The number of hydrogen-bond acceptors (Lipinski definition) is 1. The summed E-state index contributed by atoms with van der Waals surface area (Å²) in [5.41, 5.74) is 3.49. The molecule has 0 radical (unpaired) electrons. The highest BCUT2D eigenvalue weighted by atomic mass is 127. The summed E-state index contributed by atoms with van der Waals surface area (Å²) in [5.74, 6) is 0. The van der Waals surface area contributed by atoms with Gasteiger partial charge in [-0.05, 0) is 77.9 Å². The number of rotatable bonds is 3. The molecule has 1 atom stereocenters. The molecule has 100 valence electrons. The largest absolute Gasteiger partial charge is 0.378 e. The average Bonchev–Trinajstić information content (AvgIpc) is 2.36. The Kier molecular flexibility index (Phi) is 4.98. The Morgan fingerprint density at radius 2 is 1.79 bits per heavy atom. The van der Waals surface area contributed by atoms with E-state index >= 15 is 0 Å². The Morgan fingerprint density at radius 3 is 2.42 bits per heavy atom. The van der Waals surface area contributed by atoms with E-state index in [1.54, 1.807) is 0 Å². The van der Waals surface area contributed by atoms with Gasteiger partial charge in [0.15, 0.2) is 0 Å².